The average molecular weight is 385 g/mol. The Labute approximate surface area is 164 Å². The standard InChI is InChI=1S/C20H27N5O3/c1-14(26)24-12-16(7-8-17(21)13-24)20(27)22-9-15-10-23-25(11-15)18-5-3-4-6-19(18)28-2/h3-6,10-11,16-17H,7-9,12-13,21H2,1-2H3,(H,22,27)/t16-,17+/m1/s1. The number of methoxy groups -OCH3 is 1. The van der Waals surface area contributed by atoms with Gasteiger partial charge in [0.2, 0.25) is 11.8 Å². The van der Waals surface area contributed by atoms with E-state index >= 15 is 0 Å². The minimum absolute atomic E-state index is 0.0479. The maximum Gasteiger partial charge on any atom is 0.225 e. The highest BCUT2D eigenvalue weighted by Gasteiger charge is 2.28. The number of benzene rings is 1. The van der Waals surface area contributed by atoms with Crippen molar-refractivity contribution in [3.63, 3.8) is 0 Å². The van der Waals surface area contributed by atoms with Crippen molar-refractivity contribution in [2.45, 2.75) is 32.4 Å². The monoisotopic (exact) mass is 385 g/mol. The van der Waals surface area contributed by atoms with E-state index in [1.807, 2.05) is 30.5 Å². The van der Waals surface area contributed by atoms with Gasteiger partial charge in [-0.05, 0) is 25.0 Å². The molecule has 8 heteroatoms. The first-order chi connectivity index (χ1) is 13.5. The van der Waals surface area contributed by atoms with E-state index in [9.17, 15) is 9.59 Å². The van der Waals surface area contributed by atoms with Crippen LogP contribution in [0.25, 0.3) is 5.69 Å². The smallest absolute Gasteiger partial charge is 0.225 e. The van der Waals surface area contributed by atoms with E-state index in [-0.39, 0.29) is 23.8 Å². The Morgan fingerprint density at radius 1 is 1.29 bits per heavy atom. The second kappa shape index (κ2) is 8.88. The molecule has 0 bridgehead atoms. The second-order valence-electron chi connectivity index (χ2n) is 7.14. The summed E-state index contributed by atoms with van der Waals surface area (Å²) in [6, 6.07) is 7.52. The number of amides is 2. The molecule has 0 aliphatic carbocycles. The lowest BCUT2D eigenvalue weighted by Crippen LogP contribution is -2.42. The molecule has 2 heterocycles. The molecule has 3 N–H and O–H groups in total. The second-order valence-corrected chi connectivity index (χ2v) is 7.14. The number of nitrogens with two attached hydrogens (primary N) is 1. The number of likely N-dealkylation sites (tertiary alicyclic amines) is 1. The van der Waals surface area contributed by atoms with Gasteiger partial charge in [0.1, 0.15) is 11.4 Å². The number of para-hydroxylation sites is 2. The molecule has 1 aliphatic heterocycles. The minimum Gasteiger partial charge on any atom is -0.494 e. The van der Waals surface area contributed by atoms with Crippen molar-refractivity contribution in [1.29, 1.82) is 0 Å². The van der Waals surface area contributed by atoms with Gasteiger partial charge in [0.15, 0.2) is 0 Å². The summed E-state index contributed by atoms with van der Waals surface area (Å²) in [4.78, 5) is 26.1. The van der Waals surface area contributed by atoms with Gasteiger partial charge < -0.3 is 20.7 Å². The summed E-state index contributed by atoms with van der Waals surface area (Å²) in [5, 5.41) is 7.32. The number of nitrogens with one attached hydrogen (secondary N) is 1. The first kappa shape index (κ1) is 19.9. The maximum absolute atomic E-state index is 12.6. The number of carbonyl (C=O) groups excluding carboxylic acids is 2. The van der Waals surface area contributed by atoms with Gasteiger partial charge in [-0.1, -0.05) is 12.1 Å². The van der Waals surface area contributed by atoms with Crippen molar-refractivity contribution in [2.75, 3.05) is 20.2 Å². The van der Waals surface area contributed by atoms with Gasteiger partial charge >= 0.3 is 0 Å². The van der Waals surface area contributed by atoms with Crippen LogP contribution in [0.1, 0.15) is 25.3 Å². The van der Waals surface area contributed by atoms with Crippen LogP contribution in [0.5, 0.6) is 5.75 Å². The van der Waals surface area contributed by atoms with Crippen molar-refractivity contribution in [3.05, 3.63) is 42.2 Å². The highest BCUT2D eigenvalue weighted by Crippen LogP contribution is 2.21. The first-order valence-corrected chi connectivity index (χ1v) is 9.43. The molecule has 8 nitrogen and oxygen atoms in total. The topological polar surface area (TPSA) is 102 Å². The lowest BCUT2D eigenvalue weighted by Gasteiger charge is -2.23. The summed E-state index contributed by atoms with van der Waals surface area (Å²) in [5.74, 6) is 0.362. The molecule has 2 amide bonds. The summed E-state index contributed by atoms with van der Waals surface area (Å²) in [5.41, 5.74) is 7.74. The van der Waals surface area contributed by atoms with Crippen LogP contribution >= 0.6 is 0 Å². The molecule has 28 heavy (non-hydrogen) atoms. The minimum atomic E-state index is -0.248. The van der Waals surface area contributed by atoms with Crippen molar-refractivity contribution in [1.82, 2.24) is 20.0 Å². The average Bonchev–Trinajstić information content (AvgIpc) is 3.07. The highest BCUT2D eigenvalue weighted by atomic mass is 16.5. The number of hydrogen-bond acceptors (Lipinski definition) is 5. The van der Waals surface area contributed by atoms with Crippen LogP contribution in [0.3, 0.4) is 0 Å². The Bertz CT molecular complexity index is 835. The van der Waals surface area contributed by atoms with Crippen molar-refractivity contribution < 1.29 is 14.3 Å². The van der Waals surface area contributed by atoms with Crippen LogP contribution in [0.15, 0.2) is 36.7 Å². The van der Waals surface area contributed by atoms with Crippen LogP contribution in [0.4, 0.5) is 0 Å². The molecule has 150 valence electrons. The van der Waals surface area contributed by atoms with E-state index in [4.69, 9.17) is 10.5 Å². The summed E-state index contributed by atoms with van der Waals surface area (Å²) >= 11 is 0. The molecule has 0 spiro atoms. The van der Waals surface area contributed by atoms with Gasteiger partial charge in [-0.15, -0.1) is 0 Å². The largest absolute Gasteiger partial charge is 0.494 e. The fraction of sp³-hybridized carbons (Fsp3) is 0.450. The molecular formula is C20H27N5O3. The molecule has 1 aromatic heterocycles. The molecule has 1 aliphatic rings. The summed E-state index contributed by atoms with van der Waals surface area (Å²) < 4.78 is 7.09. The number of ether oxygens (including phenoxy) is 1. The number of nitrogens with zero attached hydrogens (tertiary/aromatic N) is 3. The van der Waals surface area contributed by atoms with E-state index < -0.39 is 0 Å². The zero-order chi connectivity index (χ0) is 20.1. The number of carbonyl (C=O) groups is 2. The Hall–Kier alpha value is -2.87. The van der Waals surface area contributed by atoms with Gasteiger partial charge in [0, 0.05) is 44.4 Å². The number of rotatable bonds is 5. The molecule has 1 aromatic carbocycles. The summed E-state index contributed by atoms with van der Waals surface area (Å²) in [6.07, 6.45) is 4.99. The SMILES string of the molecule is COc1ccccc1-n1cc(CNC(=O)[C@@H]2CC[C@H](N)CN(C(C)=O)C2)cn1. The van der Waals surface area contributed by atoms with Gasteiger partial charge in [-0.2, -0.15) is 5.10 Å². The fourth-order valence-corrected chi connectivity index (χ4v) is 3.43. The Morgan fingerprint density at radius 2 is 2.07 bits per heavy atom. The first-order valence-electron chi connectivity index (χ1n) is 9.43. The molecule has 0 saturated carbocycles. The van der Waals surface area contributed by atoms with Crippen LogP contribution in [0.2, 0.25) is 0 Å². The molecular weight excluding hydrogens is 358 g/mol. The van der Waals surface area contributed by atoms with Crippen molar-refractivity contribution >= 4 is 11.8 Å². The van der Waals surface area contributed by atoms with Crippen LogP contribution in [0, 0.1) is 5.92 Å². The number of hydrogen-bond donors (Lipinski definition) is 2. The van der Waals surface area contributed by atoms with Crippen molar-refractivity contribution in [3.8, 4) is 11.4 Å². The molecule has 0 radical (unpaired) electrons. The van der Waals surface area contributed by atoms with E-state index in [0.717, 1.165) is 23.4 Å². The van der Waals surface area contributed by atoms with Gasteiger partial charge in [-0.25, -0.2) is 4.68 Å². The van der Waals surface area contributed by atoms with Crippen LogP contribution in [-0.4, -0.2) is 52.7 Å². The third kappa shape index (κ3) is 4.69. The van der Waals surface area contributed by atoms with Crippen LogP contribution < -0.4 is 15.8 Å². The molecule has 3 rings (SSSR count). The van der Waals surface area contributed by atoms with E-state index in [2.05, 4.69) is 10.4 Å². The van der Waals surface area contributed by atoms with E-state index in [0.29, 0.717) is 26.1 Å². The summed E-state index contributed by atoms with van der Waals surface area (Å²) in [6.45, 7) is 2.80. The lowest BCUT2D eigenvalue weighted by atomic mass is 10.0. The number of aromatic nitrogens is 2. The molecule has 2 aromatic rings. The Morgan fingerprint density at radius 3 is 2.82 bits per heavy atom. The fourth-order valence-electron chi connectivity index (χ4n) is 3.43. The highest BCUT2D eigenvalue weighted by molar-refractivity contribution is 5.80. The van der Waals surface area contributed by atoms with Gasteiger partial charge in [0.05, 0.1) is 19.2 Å². The third-order valence-corrected chi connectivity index (χ3v) is 5.03. The zero-order valence-electron chi connectivity index (χ0n) is 16.3. The zero-order valence-corrected chi connectivity index (χ0v) is 16.3. The molecule has 1 saturated heterocycles. The molecule has 2 atom stereocenters. The third-order valence-electron chi connectivity index (χ3n) is 5.03. The maximum atomic E-state index is 12.6. The van der Waals surface area contributed by atoms with E-state index in [1.165, 1.54) is 6.92 Å². The van der Waals surface area contributed by atoms with Gasteiger partial charge in [-0.3, -0.25) is 9.59 Å². The van der Waals surface area contributed by atoms with Crippen molar-refractivity contribution in [2.24, 2.45) is 11.7 Å². The van der Waals surface area contributed by atoms with E-state index in [1.54, 1.807) is 22.9 Å². The van der Waals surface area contributed by atoms with Gasteiger partial charge in [0.25, 0.3) is 0 Å². The summed E-state index contributed by atoms with van der Waals surface area (Å²) in [7, 11) is 1.62. The quantitative estimate of drug-likeness (QED) is 0.802. The lowest BCUT2D eigenvalue weighted by molar-refractivity contribution is -0.131. The Kier molecular flexibility index (Phi) is 6.30. The predicted molar refractivity (Wildman–Crippen MR) is 105 cm³/mol. The predicted octanol–water partition coefficient (Wildman–Crippen LogP) is 1.08. The molecule has 1 fully saturated rings. The Balaban J connectivity index is 1.62. The normalized spacial score (nSPS) is 19.8. The van der Waals surface area contributed by atoms with Crippen LogP contribution in [-0.2, 0) is 16.1 Å². The molecule has 0 unspecified atom stereocenters.